The molecule has 1 saturated heterocycles. The average Bonchev–Trinajstić information content (AvgIpc) is 3.06. The van der Waals surface area contributed by atoms with Gasteiger partial charge in [-0.05, 0) is 62.2 Å². The molecule has 1 aliphatic heterocycles. The minimum absolute atomic E-state index is 0.674. The normalized spacial score (nSPS) is 34.3. The number of benzene rings is 1. The first kappa shape index (κ1) is 13.9. The lowest BCUT2D eigenvalue weighted by molar-refractivity contribution is 0.0611. The number of piperidine rings is 1. The van der Waals surface area contributed by atoms with E-state index in [-0.39, 0.29) is 0 Å². The van der Waals surface area contributed by atoms with Crippen LogP contribution in [0.2, 0.25) is 0 Å². The Bertz CT molecular complexity index is 722. The van der Waals surface area contributed by atoms with Crippen LogP contribution in [0.4, 0.5) is 0 Å². The first-order chi connectivity index (χ1) is 11.4. The molecule has 0 radical (unpaired) electrons. The Balaban J connectivity index is 1.59. The van der Waals surface area contributed by atoms with Gasteiger partial charge in [0.05, 0.1) is 0 Å². The molecule has 1 saturated carbocycles. The predicted octanol–water partition coefficient (Wildman–Crippen LogP) is 4.70. The smallest absolute Gasteiger partial charge is 0.0456 e. The van der Waals surface area contributed by atoms with Crippen LogP contribution in [0.25, 0.3) is 10.9 Å². The zero-order chi connectivity index (χ0) is 15.2. The molecule has 2 fully saturated rings. The molecule has 4 atom stereocenters. The molecule has 4 unspecified atom stereocenters. The van der Waals surface area contributed by atoms with Crippen molar-refractivity contribution in [2.75, 3.05) is 13.1 Å². The van der Waals surface area contributed by atoms with Gasteiger partial charge in [-0.15, -0.1) is 0 Å². The van der Waals surface area contributed by atoms with E-state index in [9.17, 15) is 0 Å². The molecule has 2 aromatic rings. The lowest BCUT2D eigenvalue weighted by Gasteiger charge is -2.51. The van der Waals surface area contributed by atoms with E-state index in [4.69, 9.17) is 0 Å². The second-order valence-electron chi connectivity index (χ2n) is 7.69. The Morgan fingerprint density at radius 1 is 0.913 bits per heavy atom. The van der Waals surface area contributed by atoms with E-state index in [2.05, 4.69) is 52.5 Å². The van der Waals surface area contributed by atoms with Crippen LogP contribution in [-0.2, 0) is 0 Å². The summed E-state index contributed by atoms with van der Waals surface area (Å²) < 4.78 is 0. The summed E-state index contributed by atoms with van der Waals surface area (Å²) in [4.78, 5) is 6.36. The number of hydrogen-bond acceptors (Lipinski definition) is 1. The van der Waals surface area contributed by atoms with E-state index in [1.54, 1.807) is 5.56 Å². The van der Waals surface area contributed by atoms with Crippen molar-refractivity contribution in [3.05, 3.63) is 48.2 Å². The van der Waals surface area contributed by atoms with Gasteiger partial charge in [-0.3, -0.25) is 4.90 Å². The van der Waals surface area contributed by atoms with Crippen LogP contribution >= 0.6 is 0 Å². The molecule has 1 N–H and O–H groups in total. The highest BCUT2D eigenvalue weighted by Crippen LogP contribution is 2.50. The number of nitrogens with one attached hydrogen (secondary N) is 1. The number of likely N-dealkylation sites (tertiary alicyclic amines) is 1. The number of fused-ring (bicyclic) bond motifs is 3. The SMILES string of the molecule is C1=CC2CCC1C(c1c[nH]c3ccccc13)C2N1CCCCC1. The van der Waals surface area contributed by atoms with Crippen LogP contribution in [0.5, 0.6) is 0 Å². The zero-order valence-corrected chi connectivity index (χ0v) is 13.7. The van der Waals surface area contributed by atoms with Crippen molar-refractivity contribution >= 4 is 10.9 Å². The number of aromatic nitrogens is 1. The highest BCUT2D eigenvalue weighted by atomic mass is 15.2. The van der Waals surface area contributed by atoms with Crippen molar-refractivity contribution in [1.82, 2.24) is 9.88 Å². The van der Waals surface area contributed by atoms with Crippen molar-refractivity contribution in [2.24, 2.45) is 11.8 Å². The van der Waals surface area contributed by atoms with E-state index in [1.165, 1.54) is 56.1 Å². The molecule has 1 aromatic carbocycles. The highest BCUT2D eigenvalue weighted by molar-refractivity contribution is 5.83. The Morgan fingerprint density at radius 3 is 2.52 bits per heavy atom. The molecule has 2 heterocycles. The highest BCUT2D eigenvalue weighted by Gasteiger charge is 2.44. The third-order valence-corrected chi connectivity index (χ3v) is 6.50. The van der Waals surface area contributed by atoms with Crippen LogP contribution in [-0.4, -0.2) is 29.0 Å². The van der Waals surface area contributed by atoms with Gasteiger partial charge in [0.2, 0.25) is 0 Å². The second kappa shape index (κ2) is 5.52. The predicted molar refractivity (Wildman–Crippen MR) is 95.6 cm³/mol. The monoisotopic (exact) mass is 306 g/mol. The van der Waals surface area contributed by atoms with E-state index >= 15 is 0 Å². The largest absolute Gasteiger partial charge is 0.361 e. The third-order valence-electron chi connectivity index (χ3n) is 6.50. The van der Waals surface area contributed by atoms with Crippen molar-refractivity contribution in [3.8, 4) is 0 Å². The third kappa shape index (κ3) is 2.19. The molecule has 3 aliphatic carbocycles. The molecule has 6 rings (SSSR count). The van der Waals surface area contributed by atoms with Crippen molar-refractivity contribution in [2.45, 2.75) is 44.1 Å². The van der Waals surface area contributed by atoms with Gasteiger partial charge in [-0.2, -0.15) is 0 Å². The van der Waals surface area contributed by atoms with Crippen LogP contribution in [0.3, 0.4) is 0 Å². The van der Waals surface area contributed by atoms with Crippen molar-refractivity contribution in [3.63, 3.8) is 0 Å². The molecule has 0 amide bonds. The Morgan fingerprint density at radius 2 is 1.70 bits per heavy atom. The summed E-state index contributed by atoms with van der Waals surface area (Å²) in [5.74, 6) is 2.16. The summed E-state index contributed by atoms with van der Waals surface area (Å²) in [6, 6.07) is 9.56. The van der Waals surface area contributed by atoms with E-state index < -0.39 is 0 Å². The molecule has 0 spiro atoms. The summed E-state index contributed by atoms with van der Waals surface area (Å²) in [6.45, 7) is 2.61. The van der Waals surface area contributed by atoms with Crippen molar-refractivity contribution < 1.29 is 0 Å². The molecular weight excluding hydrogens is 280 g/mol. The summed E-state index contributed by atoms with van der Waals surface area (Å²) >= 11 is 0. The molecule has 2 nitrogen and oxygen atoms in total. The molecule has 120 valence electrons. The van der Waals surface area contributed by atoms with Gasteiger partial charge < -0.3 is 4.98 Å². The number of allylic oxidation sites excluding steroid dienone is 1. The lowest BCUT2D eigenvalue weighted by atomic mass is 9.63. The maximum Gasteiger partial charge on any atom is 0.0456 e. The van der Waals surface area contributed by atoms with Gasteiger partial charge in [-0.25, -0.2) is 0 Å². The van der Waals surface area contributed by atoms with Gasteiger partial charge in [0.25, 0.3) is 0 Å². The Hall–Kier alpha value is -1.54. The van der Waals surface area contributed by atoms with Crippen LogP contribution in [0.1, 0.15) is 43.6 Å². The van der Waals surface area contributed by atoms with Gasteiger partial charge in [-0.1, -0.05) is 36.8 Å². The molecule has 1 aromatic heterocycles. The van der Waals surface area contributed by atoms with E-state index in [1.807, 2.05) is 0 Å². The first-order valence-corrected chi connectivity index (χ1v) is 9.40. The topological polar surface area (TPSA) is 19.0 Å². The van der Waals surface area contributed by atoms with Crippen LogP contribution in [0.15, 0.2) is 42.6 Å². The standard InChI is InChI=1S/C21H26N2/c1-4-12-23(13-5-1)21-16-10-8-15(9-11-16)20(21)18-14-22-19-7-3-2-6-17(18)19/h2-3,6-8,10,14-16,20-22H,1,4-5,9,11-13H2. The lowest BCUT2D eigenvalue weighted by Crippen LogP contribution is -2.52. The first-order valence-electron chi connectivity index (χ1n) is 9.40. The molecule has 2 heteroatoms. The molecular formula is C21H26N2. The van der Waals surface area contributed by atoms with Gasteiger partial charge in [0, 0.05) is 29.1 Å². The van der Waals surface area contributed by atoms with Crippen LogP contribution in [0, 0.1) is 11.8 Å². The minimum atomic E-state index is 0.674. The van der Waals surface area contributed by atoms with Gasteiger partial charge in [0.1, 0.15) is 0 Å². The number of rotatable bonds is 2. The van der Waals surface area contributed by atoms with Gasteiger partial charge in [0.15, 0.2) is 0 Å². The zero-order valence-electron chi connectivity index (χ0n) is 13.7. The fourth-order valence-electron chi connectivity index (χ4n) is 5.47. The molecule has 23 heavy (non-hydrogen) atoms. The maximum absolute atomic E-state index is 3.53. The second-order valence-corrected chi connectivity index (χ2v) is 7.69. The van der Waals surface area contributed by atoms with E-state index in [0.717, 1.165) is 17.9 Å². The quantitative estimate of drug-likeness (QED) is 0.797. The number of aromatic amines is 1. The maximum atomic E-state index is 3.53. The minimum Gasteiger partial charge on any atom is -0.361 e. The van der Waals surface area contributed by atoms with E-state index in [0.29, 0.717) is 5.92 Å². The molecule has 2 bridgehead atoms. The molecule has 4 aliphatic rings. The fourth-order valence-corrected chi connectivity index (χ4v) is 5.47. The number of H-pyrrole nitrogens is 1. The summed E-state index contributed by atoms with van der Waals surface area (Å²) in [5.41, 5.74) is 2.86. The van der Waals surface area contributed by atoms with Crippen LogP contribution < -0.4 is 0 Å². The Kier molecular flexibility index (Phi) is 3.33. The van der Waals surface area contributed by atoms with Crippen molar-refractivity contribution in [1.29, 1.82) is 0 Å². The summed E-state index contributed by atoms with van der Waals surface area (Å²) in [5, 5.41) is 1.44. The Labute approximate surface area is 138 Å². The van der Waals surface area contributed by atoms with Gasteiger partial charge >= 0.3 is 0 Å². The number of nitrogens with zero attached hydrogens (tertiary/aromatic N) is 1. The summed E-state index contributed by atoms with van der Waals surface area (Å²) in [7, 11) is 0. The average molecular weight is 306 g/mol. The number of para-hydroxylation sites is 1. The number of hydrogen-bond donors (Lipinski definition) is 1. The fraction of sp³-hybridized carbons (Fsp3) is 0.524. The summed E-state index contributed by atoms with van der Waals surface area (Å²) in [6.07, 6.45) is 14.3.